The van der Waals surface area contributed by atoms with E-state index >= 15 is 0 Å². The lowest BCUT2D eigenvalue weighted by Crippen LogP contribution is -2.36. The van der Waals surface area contributed by atoms with Crippen LogP contribution in [0.1, 0.15) is 28.3 Å². The number of hydrogen-bond donors (Lipinski definition) is 2. The molecule has 2 aromatic heterocycles. The number of hydrogen-bond acceptors (Lipinski definition) is 4. The highest BCUT2D eigenvalue weighted by Gasteiger charge is 2.05. The number of furan rings is 1. The van der Waals surface area contributed by atoms with Gasteiger partial charge in [0.15, 0.2) is 5.96 Å². The quantitative estimate of drug-likeness (QED) is 0.443. The van der Waals surface area contributed by atoms with Crippen LogP contribution >= 0.6 is 35.3 Å². The standard InChI is InChI=1S/C14H20N4OS.HI/c1-4-15-14(16-8-12-6-5-7-19-12)17-9-13-18-10(2)11(3)20-13;/h5-7H,4,8-9H2,1-3H3,(H2,15,16,17);1H. The Hall–Kier alpha value is -1.09. The van der Waals surface area contributed by atoms with Crippen LogP contribution in [0.3, 0.4) is 0 Å². The fourth-order valence-corrected chi connectivity index (χ4v) is 2.55. The molecule has 0 atom stereocenters. The third-order valence-corrected chi connectivity index (χ3v) is 3.87. The van der Waals surface area contributed by atoms with Crippen LogP contribution in [0, 0.1) is 13.8 Å². The molecule has 7 heteroatoms. The highest BCUT2D eigenvalue weighted by Crippen LogP contribution is 2.15. The third kappa shape index (κ3) is 5.66. The third-order valence-electron chi connectivity index (χ3n) is 2.80. The van der Waals surface area contributed by atoms with E-state index in [0.717, 1.165) is 29.0 Å². The van der Waals surface area contributed by atoms with Crippen molar-refractivity contribution in [2.24, 2.45) is 4.99 Å². The maximum Gasteiger partial charge on any atom is 0.192 e. The van der Waals surface area contributed by atoms with E-state index in [1.807, 2.05) is 26.0 Å². The number of nitrogens with zero attached hydrogens (tertiary/aromatic N) is 2. The van der Waals surface area contributed by atoms with Crippen molar-refractivity contribution < 1.29 is 4.42 Å². The fourth-order valence-electron chi connectivity index (χ4n) is 1.68. The number of aliphatic imine (C=N–C) groups is 1. The monoisotopic (exact) mass is 420 g/mol. The smallest absolute Gasteiger partial charge is 0.192 e. The van der Waals surface area contributed by atoms with Crippen LogP contribution in [-0.2, 0) is 13.1 Å². The van der Waals surface area contributed by atoms with Gasteiger partial charge in [-0.3, -0.25) is 0 Å². The van der Waals surface area contributed by atoms with E-state index in [1.165, 1.54) is 4.88 Å². The summed E-state index contributed by atoms with van der Waals surface area (Å²) < 4.78 is 5.27. The number of rotatable bonds is 5. The van der Waals surface area contributed by atoms with Crippen molar-refractivity contribution >= 4 is 41.3 Å². The van der Waals surface area contributed by atoms with Crippen LogP contribution in [0.15, 0.2) is 27.8 Å². The minimum Gasteiger partial charge on any atom is -0.467 e. The molecule has 0 bridgehead atoms. The second-order valence-electron chi connectivity index (χ2n) is 4.38. The summed E-state index contributed by atoms with van der Waals surface area (Å²) in [6.45, 7) is 8.20. The molecule has 0 aliphatic rings. The Bertz CT molecular complexity index is 546. The molecule has 0 saturated heterocycles. The Morgan fingerprint density at radius 2 is 2.19 bits per heavy atom. The molecule has 116 valence electrons. The maximum atomic E-state index is 5.27. The molecule has 0 amide bonds. The normalized spacial score (nSPS) is 11.1. The molecule has 0 aliphatic heterocycles. The Labute approximate surface area is 146 Å². The Balaban J connectivity index is 0.00000220. The van der Waals surface area contributed by atoms with Gasteiger partial charge >= 0.3 is 0 Å². The van der Waals surface area contributed by atoms with Crippen LogP contribution in [0.2, 0.25) is 0 Å². The van der Waals surface area contributed by atoms with Crippen molar-refractivity contribution in [1.29, 1.82) is 0 Å². The number of nitrogens with one attached hydrogen (secondary N) is 2. The van der Waals surface area contributed by atoms with Crippen molar-refractivity contribution in [2.45, 2.75) is 33.9 Å². The molecular formula is C14H21IN4OS. The maximum absolute atomic E-state index is 5.27. The molecule has 2 N–H and O–H groups in total. The molecule has 0 spiro atoms. The van der Waals surface area contributed by atoms with Gasteiger partial charge in [-0.05, 0) is 32.9 Å². The van der Waals surface area contributed by atoms with E-state index in [9.17, 15) is 0 Å². The number of halogens is 1. The summed E-state index contributed by atoms with van der Waals surface area (Å²) in [6.07, 6.45) is 1.66. The van der Waals surface area contributed by atoms with E-state index in [1.54, 1.807) is 17.6 Å². The first-order valence-corrected chi connectivity index (χ1v) is 7.48. The molecule has 5 nitrogen and oxygen atoms in total. The lowest BCUT2D eigenvalue weighted by atomic mass is 10.4. The zero-order chi connectivity index (χ0) is 14.4. The number of aryl methyl sites for hydroxylation is 2. The Morgan fingerprint density at radius 3 is 2.76 bits per heavy atom. The van der Waals surface area contributed by atoms with Crippen molar-refractivity contribution in [3.8, 4) is 0 Å². The van der Waals surface area contributed by atoms with Gasteiger partial charge in [0.2, 0.25) is 0 Å². The van der Waals surface area contributed by atoms with Crippen LogP contribution in [0.25, 0.3) is 0 Å². The first-order valence-electron chi connectivity index (χ1n) is 6.66. The van der Waals surface area contributed by atoms with E-state index in [-0.39, 0.29) is 24.0 Å². The van der Waals surface area contributed by atoms with Gasteiger partial charge in [-0.15, -0.1) is 35.3 Å². The summed E-state index contributed by atoms with van der Waals surface area (Å²) >= 11 is 1.72. The molecule has 0 unspecified atom stereocenters. The second kappa shape index (κ2) is 9.04. The molecule has 2 rings (SSSR count). The summed E-state index contributed by atoms with van der Waals surface area (Å²) in [5, 5.41) is 7.57. The summed E-state index contributed by atoms with van der Waals surface area (Å²) in [5.41, 5.74) is 1.10. The first kappa shape index (κ1) is 18.0. The predicted octanol–water partition coefficient (Wildman–Crippen LogP) is 3.23. The average molecular weight is 420 g/mol. The van der Waals surface area contributed by atoms with Gasteiger partial charge in [-0.2, -0.15) is 0 Å². The second-order valence-corrected chi connectivity index (χ2v) is 5.67. The molecule has 0 fully saturated rings. The number of thiazole rings is 1. The van der Waals surface area contributed by atoms with E-state index in [2.05, 4.69) is 27.5 Å². The largest absolute Gasteiger partial charge is 0.467 e. The van der Waals surface area contributed by atoms with Gasteiger partial charge < -0.3 is 15.1 Å². The molecular weight excluding hydrogens is 399 g/mol. The predicted molar refractivity (Wildman–Crippen MR) is 97.4 cm³/mol. The van der Waals surface area contributed by atoms with Crippen LogP contribution < -0.4 is 10.6 Å². The van der Waals surface area contributed by atoms with E-state index in [0.29, 0.717) is 13.1 Å². The van der Waals surface area contributed by atoms with E-state index < -0.39 is 0 Å². The minimum absolute atomic E-state index is 0. The van der Waals surface area contributed by atoms with Crippen LogP contribution in [0.5, 0.6) is 0 Å². The van der Waals surface area contributed by atoms with Crippen LogP contribution in [-0.4, -0.2) is 17.5 Å². The molecule has 2 aromatic rings. The van der Waals surface area contributed by atoms with Gasteiger partial charge in [0.1, 0.15) is 17.3 Å². The van der Waals surface area contributed by atoms with E-state index in [4.69, 9.17) is 4.42 Å². The fraction of sp³-hybridized carbons (Fsp3) is 0.429. The Morgan fingerprint density at radius 1 is 1.38 bits per heavy atom. The molecule has 0 aromatic carbocycles. The van der Waals surface area contributed by atoms with Crippen molar-refractivity contribution in [3.63, 3.8) is 0 Å². The molecule has 21 heavy (non-hydrogen) atoms. The van der Waals surface area contributed by atoms with Crippen molar-refractivity contribution in [1.82, 2.24) is 15.6 Å². The highest BCUT2D eigenvalue weighted by molar-refractivity contribution is 14.0. The van der Waals surface area contributed by atoms with Crippen molar-refractivity contribution in [2.75, 3.05) is 6.54 Å². The van der Waals surface area contributed by atoms with Crippen molar-refractivity contribution in [3.05, 3.63) is 39.7 Å². The number of guanidine groups is 1. The SMILES string of the molecule is CCNC(=NCc1ccco1)NCc1nc(C)c(C)s1.I. The topological polar surface area (TPSA) is 62.5 Å². The zero-order valence-electron chi connectivity index (χ0n) is 12.5. The molecule has 0 saturated carbocycles. The van der Waals surface area contributed by atoms with Gasteiger partial charge in [0, 0.05) is 11.4 Å². The average Bonchev–Trinajstić information content (AvgIpc) is 3.04. The number of aromatic nitrogens is 1. The molecule has 0 radical (unpaired) electrons. The molecule has 0 aliphatic carbocycles. The summed E-state index contributed by atoms with van der Waals surface area (Å²) in [4.78, 5) is 10.2. The van der Waals surface area contributed by atoms with Gasteiger partial charge in [0.25, 0.3) is 0 Å². The lowest BCUT2D eigenvalue weighted by molar-refractivity contribution is 0.512. The zero-order valence-corrected chi connectivity index (χ0v) is 15.6. The first-order chi connectivity index (χ1) is 9.69. The van der Waals surface area contributed by atoms with Gasteiger partial charge in [-0.25, -0.2) is 9.98 Å². The highest BCUT2D eigenvalue weighted by atomic mass is 127. The molecule has 2 heterocycles. The van der Waals surface area contributed by atoms with Gasteiger partial charge in [-0.1, -0.05) is 0 Å². The Kier molecular flexibility index (Phi) is 7.73. The summed E-state index contributed by atoms with van der Waals surface area (Å²) in [6, 6.07) is 3.78. The van der Waals surface area contributed by atoms with Crippen LogP contribution in [0.4, 0.5) is 0 Å². The summed E-state index contributed by atoms with van der Waals surface area (Å²) in [5.74, 6) is 1.62. The van der Waals surface area contributed by atoms with Gasteiger partial charge in [0.05, 0.1) is 18.5 Å². The summed E-state index contributed by atoms with van der Waals surface area (Å²) in [7, 11) is 0. The lowest BCUT2D eigenvalue weighted by Gasteiger charge is -2.09. The minimum atomic E-state index is 0.